The van der Waals surface area contributed by atoms with E-state index in [1.54, 1.807) is 0 Å². The molecule has 0 unspecified atom stereocenters. The molecule has 0 saturated carbocycles. The van der Waals surface area contributed by atoms with Crippen LogP contribution in [-0.4, -0.2) is 23.9 Å². The summed E-state index contributed by atoms with van der Waals surface area (Å²) in [4.78, 5) is 11.7. The van der Waals surface area contributed by atoms with Crippen molar-refractivity contribution in [3.63, 3.8) is 0 Å². The molecule has 0 spiro atoms. The maximum absolute atomic E-state index is 11.7. The molecule has 1 aliphatic heterocycles. The molecule has 1 atom stereocenters. The van der Waals surface area contributed by atoms with Gasteiger partial charge in [-0.15, -0.1) is 0 Å². The van der Waals surface area contributed by atoms with Crippen molar-refractivity contribution in [2.75, 3.05) is 6.61 Å². The number of benzene rings is 1. The number of carbonyl (C=O) groups is 1. The molecular formula is C20H29N3O2. The topological polar surface area (TPSA) is 74.5 Å². The fraction of sp³-hybridized carbons (Fsp3) is 0.550. The van der Waals surface area contributed by atoms with E-state index in [0.717, 1.165) is 42.0 Å². The summed E-state index contributed by atoms with van der Waals surface area (Å²) in [7, 11) is 0. The van der Waals surface area contributed by atoms with Gasteiger partial charge in [-0.1, -0.05) is 27.7 Å². The Morgan fingerprint density at radius 2 is 2.04 bits per heavy atom. The molecule has 5 nitrogen and oxygen atoms in total. The van der Waals surface area contributed by atoms with Gasteiger partial charge in [-0.25, -0.2) is 5.43 Å². The fourth-order valence-corrected chi connectivity index (χ4v) is 2.66. The molecule has 1 amide bonds. The molecule has 0 radical (unpaired) electrons. The lowest BCUT2D eigenvalue weighted by atomic mass is 9.83. The molecule has 1 heterocycles. The zero-order chi connectivity index (χ0) is 18.4. The first-order chi connectivity index (χ1) is 11.8. The van der Waals surface area contributed by atoms with Crippen LogP contribution in [0.1, 0.15) is 58.9 Å². The molecule has 0 fully saturated rings. The van der Waals surface area contributed by atoms with E-state index in [4.69, 9.17) is 10.1 Å². The second-order valence-electron chi connectivity index (χ2n) is 7.37. The second-order valence-corrected chi connectivity index (χ2v) is 7.37. The van der Waals surface area contributed by atoms with Gasteiger partial charge in [0, 0.05) is 12.1 Å². The minimum absolute atomic E-state index is 0.0424. The smallest absolute Gasteiger partial charge is 0.246 e. The molecule has 25 heavy (non-hydrogen) atoms. The van der Waals surface area contributed by atoms with E-state index in [1.807, 2.05) is 38.1 Å². The molecular weight excluding hydrogens is 314 g/mol. The largest absolute Gasteiger partial charge is 0.494 e. The van der Waals surface area contributed by atoms with Crippen molar-refractivity contribution in [3.8, 4) is 5.75 Å². The van der Waals surface area contributed by atoms with Crippen molar-refractivity contribution < 1.29 is 9.53 Å². The van der Waals surface area contributed by atoms with Crippen molar-refractivity contribution in [1.82, 2.24) is 5.43 Å². The van der Waals surface area contributed by atoms with Gasteiger partial charge in [-0.2, -0.15) is 5.10 Å². The van der Waals surface area contributed by atoms with E-state index in [1.165, 1.54) is 0 Å². The first-order valence-electron chi connectivity index (χ1n) is 9.01. The maximum atomic E-state index is 11.7. The normalized spacial score (nSPS) is 17.4. The summed E-state index contributed by atoms with van der Waals surface area (Å²) in [5.41, 5.74) is 4.85. The van der Waals surface area contributed by atoms with Gasteiger partial charge in [0.2, 0.25) is 5.91 Å². The Balaban J connectivity index is 1.84. The molecule has 0 aromatic heterocycles. The number of hydrogen-bond acceptors (Lipinski definition) is 4. The lowest BCUT2D eigenvalue weighted by Crippen LogP contribution is -2.40. The Bertz CT molecular complexity index is 647. The van der Waals surface area contributed by atoms with Crippen LogP contribution in [0.3, 0.4) is 0 Å². The standard InChI is InChI=1S/C20H29N3O2/c1-5-14(2)17(21)7-6-12-25-16-10-8-15(9-11-16)18-13-20(3,4)19(24)23-22-18/h8-11,14,21H,5-7,12-13H2,1-4H3,(H,23,24)/t14-/m1/s1. The van der Waals surface area contributed by atoms with Crippen LogP contribution in [0.25, 0.3) is 0 Å². The highest BCUT2D eigenvalue weighted by Gasteiger charge is 2.33. The molecule has 0 aliphatic carbocycles. The lowest BCUT2D eigenvalue weighted by molar-refractivity contribution is -0.129. The van der Waals surface area contributed by atoms with Crippen molar-refractivity contribution in [2.45, 2.75) is 53.4 Å². The van der Waals surface area contributed by atoms with Crippen molar-refractivity contribution in [3.05, 3.63) is 29.8 Å². The maximum Gasteiger partial charge on any atom is 0.246 e. The summed E-state index contributed by atoms with van der Waals surface area (Å²) in [5, 5.41) is 12.1. The summed E-state index contributed by atoms with van der Waals surface area (Å²) in [6.45, 7) is 8.67. The number of rotatable bonds is 8. The van der Waals surface area contributed by atoms with Gasteiger partial charge in [0.1, 0.15) is 5.75 Å². The number of ether oxygens (including phenoxy) is 1. The van der Waals surface area contributed by atoms with Crippen LogP contribution in [0.4, 0.5) is 0 Å². The third-order valence-electron chi connectivity index (χ3n) is 4.77. The average Bonchev–Trinajstić information content (AvgIpc) is 2.60. The van der Waals surface area contributed by atoms with E-state index >= 15 is 0 Å². The van der Waals surface area contributed by atoms with E-state index in [9.17, 15) is 4.79 Å². The quantitative estimate of drug-likeness (QED) is 0.549. The van der Waals surface area contributed by atoms with Crippen LogP contribution in [-0.2, 0) is 4.79 Å². The monoisotopic (exact) mass is 343 g/mol. The summed E-state index contributed by atoms with van der Waals surface area (Å²) >= 11 is 0. The second kappa shape index (κ2) is 8.28. The van der Waals surface area contributed by atoms with Gasteiger partial charge in [0.25, 0.3) is 0 Å². The van der Waals surface area contributed by atoms with Gasteiger partial charge in [-0.05, 0) is 55.0 Å². The number of carbonyl (C=O) groups excluding carboxylic acids is 1. The molecule has 0 saturated heterocycles. The summed E-state index contributed by atoms with van der Waals surface area (Å²) in [6, 6.07) is 7.81. The molecule has 1 aromatic rings. The molecule has 2 rings (SSSR count). The summed E-state index contributed by atoms with van der Waals surface area (Å²) < 4.78 is 5.76. The third kappa shape index (κ3) is 5.15. The average molecular weight is 343 g/mol. The van der Waals surface area contributed by atoms with Gasteiger partial charge >= 0.3 is 0 Å². The molecule has 1 aliphatic rings. The predicted molar refractivity (Wildman–Crippen MR) is 101 cm³/mol. The number of nitrogens with zero attached hydrogens (tertiary/aromatic N) is 1. The number of amides is 1. The van der Waals surface area contributed by atoms with Crippen LogP contribution in [0, 0.1) is 16.7 Å². The predicted octanol–water partition coefficient (Wildman–Crippen LogP) is 4.16. The number of hydrazone groups is 1. The third-order valence-corrected chi connectivity index (χ3v) is 4.77. The van der Waals surface area contributed by atoms with Crippen molar-refractivity contribution in [1.29, 1.82) is 5.41 Å². The lowest BCUT2D eigenvalue weighted by Gasteiger charge is -2.27. The fourth-order valence-electron chi connectivity index (χ4n) is 2.66. The van der Waals surface area contributed by atoms with Gasteiger partial charge in [-0.3, -0.25) is 4.79 Å². The summed E-state index contributed by atoms with van der Waals surface area (Å²) in [5.74, 6) is 1.14. The van der Waals surface area contributed by atoms with E-state index in [0.29, 0.717) is 18.9 Å². The number of hydrogen-bond donors (Lipinski definition) is 2. The van der Waals surface area contributed by atoms with E-state index in [-0.39, 0.29) is 5.91 Å². The summed E-state index contributed by atoms with van der Waals surface area (Å²) in [6.07, 6.45) is 3.29. The molecule has 0 bridgehead atoms. The zero-order valence-electron chi connectivity index (χ0n) is 15.7. The Morgan fingerprint density at radius 3 is 2.64 bits per heavy atom. The molecule has 136 valence electrons. The SMILES string of the molecule is CC[C@@H](C)C(=N)CCCOc1ccc(C2=NNC(=O)C(C)(C)C2)cc1. The first kappa shape index (κ1) is 19.2. The van der Waals surface area contributed by atoms with Crippen molar-refractivity contribution >= 4 is 17.3 Å². The highest BCUT2D eigenvalue weighted by Crippen LogP contribution is 2.27. The Kier molecular flexibility index (Phi) is 6.34. The van der Waals surface area contributed by atoms with Gasteiger partial charge < -0.3 is 10.1 Å². The molecule has 1 aromatic carbocycles. The Labute approximate surface area is 150 Å². The zero-order valence-corrected chi connectivity index (χ0v) is 15.7. The van der Waals surface area contributed by atoms with Crippen LogP contribution in [0.5, 0.6) is 5.75 Å². The van der Waals surface area contributed by atoms with Crippen LogP contribution < -0.4 is 10.2 Å². The van der Waals surface area contributed by atoms with Gasteiger partial charge in [0.05, 0.1) is 17.7 Å². The highest BCUT2D eigenvalue weighted by molar-refractivity contribution is 6.05. The van der Waals surface area contributed by atoms with Gasteiger partial charge in [0.15, 0.2) is 0 Å². The minimum atomic E-state index is -0.438. The minimum Gasteiger partial charge on any atom is -0.494 e. The number of nitrogens with one attached hydrogen (secondary N) is 2. The Hall–Kier alpha value is -2.17. The van der Waals surface area contributed by atoms with E-state index < -0.39 is 5.41 Å². The van der Waals surface area contributed by atoms with Crippen LogP contribution in [0.2, 0.25) is 0 Å². The van der Waals surface area contributed by atoms with Crippen LogP contribution in [0.15, 0.2) is 29.4 Å². The first-order valence-corrected chi connectivity index (χ1v) is 9.01. The highest BCUT2D eigenvalue weighted by atomic mass is 16.5. The van der Waals surface area contributed by atoms with Crippen molar-refractivity contribution in [2.24, 2.45) is 16.4 Å². The Morgan fingerprint density at radius 1 is 1.36 bits per heavy atom. The molecule has 2 N–H and O–H groups in total. The van der Waals surface area contributed by atoms with Crippen LogP contribution >= 0.6 is 0 Å². The van der Waals surface area contributed by atoms with E-state index in [2.05, 4.69) is 24.4 Å². The molecule has 5 heteroatoms.